The first-order chi connectivity index (χ1) is 15.2. The predicted molar refractivity (Wildman–Crippen MR) is 127 cm³/mol. The summed E-state index contributed by atoms with van der Waals surface area (Å²) in [5.74, 6) is 1.82. The van der Waals surface area contributed by atoms with E-state index in [4.69, 9.17) is 4.74 Å². The van der Waals surface area contributed by atoms with Crippen LogP contribution in [0, 0.1) is 0 Å². The van der Waals surface area contributed by atoms with E-state index in [1.807, 2.05) is 19.3 Å². The molecule has 0 bridgehead atoms. The average molecular weight is 423 g/mol. The normalized spacial score (nSPS) is 18.2. The zero-order chi connectivity index (χ0) is 21.5. The summed E-state index contributed by atoms with van der Waals surface area (Å²) in [6, 6.07) is 13.1. The van der Waals surface area contributed by atoms with Crippen LogP contribution in [0.25, 0.3) is 0 Å². The fraction of sp³-hybridized carbons (Fsp3) is 0.500. The molecule has 1 atom stereocenters. The summed E-state index contributed by atoms with van der Waals surface area (Å²) in [6.45, 7) is 8.42. The van der Waals surface area contributed by atoms with Crippen molar-refractivity contribution in [3.8, 4) is 0 Å². The van der Waals surface area contributed by atoms with Crippen molar-refractivity contribution in [1.82, 2.24) is 15.6 Å². The van der Waals surface area contributed by atoms with Gasteiger partial charge in [0.25, 0.3) is 0 Å². The van der Waals surface area contributed by atoms with Gasteiger partial charge in [-0.25, -0.2) is 4.98 Å². The van der Waals surface area contributed by atoms with Gasteiger partial charge in [-0.15, -0.1) is 0 Å². The molecular formula is C24H34N6O. The van der Waals surface area contributed by atoms with Crippen molar-refractivity contribution < 1.29 is 4.74 Å². The van der Waals surface area contributed by atoms with Crippen LogP contribution in [0.4, 0.5) is 11.5 Å². The predicted octanol–water partition coefficient (Wildman–Crippen LogP) is 2.94. The molecule has 2 N–H and O–H groups in total. The van der Waals surface area contributed by atoms with Crippen LogP contribution in [0.15, 0.2) is 47.6 Å². The monoisotopic (exact) mass is 422 g/mol. The van der Waals surface area contributed by atoms with E-state index < -0.39 is 0 Å². The van der Waals surface area contributed by atoms with Crippen molar-refractivity contribution in [2.24, 2.45) is 4.99 Å². The number of benzene rings is 1. The van der Waals surface area contributed by atoms with Crippen LogP contribution >= 0.6 is 0 Å². The minimum absolute atomic E-state index is 0.154. The number of ether oxygens (including phenoxy) is 1. The minimum Gasteiger partial charge on any atom is -0.378 e. The Balaban J connectivity index is 1.38. The smallest absolute Gasteiger partial charge is 0.191 e. The number of morpholine rings is 1. The maximum absolute atomic E-state index is 5.49. The van der Waals surface area contributed by atoms with Gasteiger partial charge < -0.3 is 25.2 Å². The molecule has 0 aliphatic carbocycles. The maximum Gasteiger partial charge on any atom is 0.191 e. The van der Waals surface area contributed by atoms with Gasteiger partial charge in [0, 0.05) is 57.2 Å². The van der Waals surface area contributed by atoms with Gasteiger partial charge in [0.1, 0.15) is 5.82 Å². The first-order valence-electron chi connectivity index (χ1n) is 11.3. The molecule has 31 heavy (non-hydrogen) atoms. The third-order valence-corrected chi connectivity index (χ3v) is 6.04. The Bertz CT molecular complexity index is 874. The van der Waals surface area contributed by atoms with Crippen molar-refractivity contribution in [1.29, 1.82) is 0 Å². The fourth-order valence-electron chi connectivity index (χ4n) is 4.26. The van der Waals surface area contributed by atoms with Crippen molar-refractivity contribution in [3.63, 3.8) is 0 Å². The fourth-order valence-corrected chi connectivity index (χ4v) is 4.26. The first kappa shape index (κ1) is 21.4. The van der Waals surface area contributed by atoms with Crippen LogP contribution in [0.5, 0.6) is 0 Å². The zero-order valence-corrected chi connectivity index (χ0v) is 18.7. The lowest BCUT2D eigenvalue weighted by Gasteiger charge is -2.29. The summed E-state index contributed by atoms with van der Waals surface area (Å²) in [5.41, 5.74) is 3.75. The van der Waals surface area contributed by atoms with Gasteiger partial charge in [0.2, 0.25) is 0 Å². The van der Waals surface area contributed by atoms with Crippen LogP contribution in [-0.4, -0.2) is 57.4 Å². The lowest BCUT2D eigenvalue weighted by atomic mass is 10.1. The zero-order valence-electron chi connectivity index (χ0n) is 18.7. The molecule has 1 unspecified atom stereocenters. The van der Waals surface area contributed by atoms with Gasteiger partial charge in [-0.2, -0.15) is 0 Å². The number of nitrogens with zero attached hydrogens (tertiary/aromatic N) is 4. The summed E-state index contributed by atoms with van der Waals surface area (Å²) in [5, 5.41) is 7.00. The number of nitrogens with one attached hydrogen (secondary N) is 2. The highest BCUT2D eigenvalue weighted by Gasteiger charge is 2.17. The van der Waals surface area contributed by atoms with Gasteiger partial charge in [0.15, 0.2) is 5.96 Å². The van der Waals surface area contributed by atoms with E-state index in [1.54, 1.807) is 0 Å². The van der Waals surface area contributed by atoms with E-state index in [2.05, 4.69) is 67.7 Å². The SMILES string of the molecule is CN=C(NCc1cccnc1N1CCOCC1)NC(C)c1cccc(N2CCCC2)c1. The van der Waals surface area contributed by atoms with E-state index in [9.17, 15) is 0 Å². The Labute approximate surface area is 185 Å². The summed E-state index contributed by atoms with van der Waals surface area (Å²) in [4.78, 5) is 13.8. The molecule has 1 aromatic heterocycles. The number of hydrogen-bond acceptors (Lipinski definition) is 5. The Morgan fingerprint density at radius 2 is 1.90 bits per heavy atom. The Kier molecular flexibility index (Phi) is 7.25. The Morgan fingerprint density at radius 1 is 1.10 bits per heavy atom. The van der Waals surface area contributed by atoms with Gasteiger partial charge in [0.05, 0.1) is 19.3 Å². The molecule has 0 saturated carbocycles. The molecule has 2 aliphatic heterocycles. The third-order valence-electron chi connectivity index (χ3n) is 6.04. The van der Waals surface area contributed by atoms with Crippen LogP contribution < -0.4 is 20.4 Å². The van der Waals surface area contributed by atoms with Crippen molar-refractivity contribution >= 4 is 17.5 Å². The number of pyridine rings is 1. The molecule has 7 heteroatoms. The average Bonchev–Trinajstić information content (AvgIpc) is 3.37. The largest absolute Gasteiger partial charge is 0.378 e. The summed E-state index contributed by atoms with van der Waals surface area (Å²) < 4.78 is 5.49. The second kappa shape index (κ2) is 10.5. The molecule has 3 heterocycles. The molecule has 4 rings (SSSR count). The second-order valence-electron chi connectivity index (χ2n) is 8.17. The molecule has 2 saturated heterocycles. The van der Waals surface area contributed by atoms with Crippen molar-refractivity contribution in [3.05, 3.63) is 53.7 Å². The van der Waals surface area contributed by atoms with Crippen LogP contribution in [0.2, 0.25) is 0 Å². The van der Waals surface area contributed by atoms with E-state index in [0.29, 0.717) is 6.54 Å². The minimum atomic E-state index is 0.154. The number of rotatable bonds is 6. The number of hydrogen-bond donors (Lipinski definition) is 2. The van der Waals surface area contributed by atoms with Gasteiger partial charge in [-0.05, 0) is 43.5 Å². The molecule has 0 radical (unpaired) electrons. The van der Waals surface area contributed by atoms with Crippen molar-refractivity contribution in [2.45, 2.75) is 32.4 Å². The number of guanidine groups is 1. The van der Waals surface area contributed by atoms with Gasteiger partial charge in [-0.1, -0.05) is 18.2 Å². The summed E-state index contributed by atoms with van der Waals surface area (Å²) in [7, 11) is 1.81. The van der Waals surface area contributed by atoms with E-state index in [-0.39, 0.29) is 6.04 Å². The number of aliphatic imine (C=N–C) groups is 1. The van der Waals surface area contributed by atoms with E-state index in [1.165, 1.54) is 24.1 Å². The van der Waals surface area contributed by atoms with Gasteiger partial charge >= 0.3 is 0 Å². The molecule has 2 fully saturated rings. The quantitative estimate of drug-likeness (QED) is 0.551. The van der Waals surface area contributed by atoms with Crippen molar-refractivity contribution in [2.75, 3.05) is 56.2 Å². The second-order valence-corrected chi connectivity index (χ2v) is 8.17. The Hall–Kier alpha value is -2.80. The van der Waals surface area contributed by atoms with Gasteiger partial charge in [-0.3, -0.25) is 4.99 Å². The molecule has 1 aromatic carbocycles. The lowest BCUT2D eigenvalue weighted by molar-refractivity contribution is 0.122. The highest BCUT2D eigenvalue weighted by atomic mass is 16.5. The maximum atomic E-state index is 5.49. The first-order valence-corrected chi connectivity index (χ1v) is 11.3. The van der Waals surface area contributed by atoms with Crippen LogP contribution in [-0.2, 0) is 11.3 Å². The third kappa shape index (κ3) is 5.47. The van der Waals surface area contributed by atoms with Crippen LogP contribution in [0.3, 0.4) is 0 Å². The highest BCUT2D eigenvalue weighted by Crippen LogP contribution is 2.24. The molecular weight excluding hydrogens is 388 g/mol. The molecule has 0 spiro atoms. The molecule has 2 aliphatic rings. The summed E-state index contributed by atoms with van der Waals surface area (Å²) in [6.07, 6.45) is 4.43. The summed E-state index contributed by atoms with van der Waals surface area (Å²) >= 11 is 0. The van der Waals surface area contributed by atoms with E-state index in [0.717, 1.165) is 56.7 Å². The number of aromatic nitrogens is 1. The highest BCUT2D eigenvalue weighted by molar-refractivity contribution is 5.80. The topological polar surface area (TPSA) is 65.0 Å². The van der Waals surface area contributed by atoms with Crippen LogP contribution in [0.1, 0.15) is 36.9 Å². The molecule has 0 amide bonds. The molecule has 166 valence electrons. The lowest BCUT2D eigenvalue weighted by Crippen LogP contribution is -2.40. The molecule has 2 aromatic rings. The number of anilines is 2. The molecule has 7 nitrogen and oxygen atoms in total. The Morgan fingerprint density at radius 3 is 2.68 bits per heavy atom. The standard InChI is InChI=1S/C24H34N6O/c1-19(20-7-5-9-22(17-20)29-11-3-4-12-29)28-24(25-2)27-18-21-8-6-10-26-23(21)30-13-15-31-16-14-30/h5-10,17,19H,3-4,11-16,18H2,1-2H3,(H2,25,27,28). The van der Waals surface area contributed by atoms with E-state index >= 15 is 0 Å².